The highest BCUT2D eigenvalue weighted by Gasteiger charge is 2.59. The van der Waals surface area contributed by atoms with Crippen molar-refractivity contribution in [2.45, 2.75) is 63.9 Å². The van der Waals surface area contributed by atoms with Crippen molar-refractivity contribution < 1.29 is 28.9 Å². The Morgan fingerprint density at radius 3 is 2.92 bits per heavy atom. The second kappa shape index (κ2) is 7.00. The van der Waals surface area contributed by atoms with E-state index in [1.807, 2.05) is 13.0 Å². The van der Waals surface area contributed by atoms with E-state index in [4.69, 9.17) is 14.2 Å². The number of rotatable bonds is 3. The van der Waals surface area contributed by atoms with Gasteiger partial charge in [0.25, 0.3) is 0 Å². The minimum absolute atomic E-state index is 0.0808. The van der Waals surface area contributed by atoms with Gasteiger partial charge in [-0.1, -0.05) is 18.2 Å². The molecule has 0 aromatic carbocycles. The molecule has 0 saturated carbocycles. The Morgan fingerprint density at radius 2 is 2.27 bits per heavy atom. The molecule has 2 heterocycles. The molecule has 0 amide bonds. The van der Waals surface area contributed by atoms with Crippen molar-refractivity contribution in [3.8, 4) is 0 Å². The van der Waals surface area contributed by atoms with Gasteiger partial charge in [0.2, 0.25) is 0 Å². The Hall–Kier alpha value is -1.92. The zero-order valence-corrected chi connectivity index (χ0v) is 15.5. The van der Waals surface area contributed by atoms with Crippen LogP contribution in [0.2, 0.25) is 0 Å². The lowest BCUT2D eigenvalue weighted by molar-refractivity contribution is -0.148. The molecule has 0 radical (unpaired) electrons. The third-order valence-electron chi connectivity index (χ3n) is 5.65. The van der Waals surface area contributed by atoms with Crippen molar-refractivity contribution in [1.29, 1.82) is 0 Å². The number of aliphatic hydroxyl groups excluding tert-OH is 1. The van der Waals surface area contributed by atoms with E-state index >= 15 is 0 Å². The van der Waals surface area contributed by atoms with Gasteiger partial charge in [0.05, 0.1) is 18.6 Å². The molecule has 2 fully saturated rings. The van der Waals surface area contributed by atoms with Crippen LogP contribution in [-0.2, 0) is 23.8 Å². The van der Waals surface area contributed by atoms with Crippen LogP contribution in [-0.4, -0.2) is 47.6 Å². The summed E-state index contributed by atoms with van der Waals surface area (Å²) in [5.41, 5.74) is 1.11. The van der Waals surface area contributed by atoms with Crippen LogP contribution in [0.25, 0.3) is 0 Å². The zero-order valence-electron chi connectivity index (χ0n) is 15.5. The Kier molecular flexibility index (Phi) is 5.08. The zero-order chi connectivity index (χ0) is 19.1. The molecule has 0 unspecified atom stereocenters. The SMILES string of the molecule is C=C1C(=O)O[C@@H]2/C=C(/C)CC[C@H]3O[C@]3(CO)C[C@@H](OC(=O)/C(C)=C\C)[C@@H]12. The summed E-state index contributed by atoms with van der Waals surface area (Å²) in [7, 11) is 0. The van der Waals surface area contributed by atoms with E-state index in [0.717, 1.165) is 18.4 Å². The van der Waals surface area contributed by atoms with Crippen molar-refractivity contribution in [3.05, 3.63) is 35.5 Å². The number of carbonyl (C=O) groups is 2. The van der Waals surface area contributed by atoms with Gasteiger partial charge in [-0.2, -0.15) is 0 Å². The van der Waals surface area contributed by atoms with Crippen LogP contribution < -0.4 is 0 Å². The molecule has 0 bridgehead atoms. The van der Waals surface area contributed by atoms with Crippen LogP contribution >= 0.6 is 0 Å². The van der Waals surface area contributed by atoms with E-state index in [0.29, 0.717) is 17.6 Å². The predicted molar refractivity (Wildman–Crippen MR) is 94.1 cm³/mol. The van der Waals surface area contributed by atoms with Gasteiger partial charge in [0.1, 0.15) is 17.8 Å². The van der Waals surface area contributed by atoms with Gasteiger partial charge < -0.3 is 19.3 Å². The maximum atomic E-state index is 12.4. The standard InChI is InChI=1S/C20H26O6/c1-5-12(3)18(22)25-15-9-20(10-21)16(26-20)7-6-11(2)8-14-17(15)13(4)19(23)24-14/h5,8,14-17,21H,4,6-7,9-10H2,1-3H3/b11-8-,12-5-/t14-,15-,16-,17+,20+/m1/s1. The Bertz CT molecular complexity index is 690. The van der Waals surface area contributed by atoms with E-state index in [-0.39, 0.29) is 12.7 Å². The number of fused-ring (bicyclic) bond motifs is 2. The van der Waals surface area contributed by atoms with E-state index in [1.54, 1.807) is 19.9 Å². The smallest absolute Gasteiger partial charge is 0.334 e. The van der Waals surface area contributed by atoms with E-state index in [1.165, 1.54) is 0 Å². The molecule has 2 saturated heterocycles. The summed E-state index contributed by atoms with van der Waals surface area (Å²) in [4.78, 5) is 24.5. The lowest BCUT2D eigenvalue weighted by atomic mass is 9.82. The van der Waals surface area contributed by atoms with Gasteiger partial charge in [0, 0.05) is 17.6 Å². The number of esters is 2. The maximum absolute atomic E-state index is 12.4. The van der Waals surface area contributed by atoms with Crippen molar-refractivity contribution in [1.82, 2.24) is 0 Å². The van der Waals surface area contributed by atoms with E-state index in [9.17, 15) is 14.7 Å². The lowest BCUT2D eigenvalue weighted by Gasteiger charge is -2.29. The van der Waals surface area contributed by atoms with Crippen LogP contribution in [0.3, 0.4) is 0 Å². The average Bonchev–Trinajstić information content (AvgIpc) is 3.23. The van der Waals surface area contributed by atoms with Gasteiger partial charge in [-0.15, -0.1) is 0 Å². The fourth-order valence-electron chi connectivity index (χ4n) is 3.79. The van der Waals surface area contributed by atoms with Crippen LogP contribution in [0.5, 0.6) is 0 Å². The molecule has 142 valence electrons. The predicted octanol–water partition coefficient (Wildman–Crippen LogP) is 2.22. The number of allylic oxidation sites excluding steroid dienone is 2. The number of hydrogen-bond acceptors (Lipinski definition) is 6. The molecule has 0 spiro atoms. The maximum Gasteiger partial charge on any atom is 0.334 e. The Balaban J connectivity index is 1.97. The summed E-state index contributed by atoms with van der Waals surface area (Å²) in [6, 6.07) is 0. The Labute approximate surface area is 153 Å². The summed E-state index contributed by atoms with van der Waals surface area (Å²) in [5, 5.41) is 9.89. The summed E-state index contributed by atoms with van der Waals surface area (Å²) in [5.74, 6) is -1.41. The second-order valence-corrected chi connectivity index (χ2v) is 7.42. The molecule has 0 aromatic rings. The monoisotopic (exact) mass is 362 g/mol. The molecule has 3 aliphatic rings. The minimum atomic E-state index is -0.733. The number of epoxide rings is 1. The van der Waals surface area contributed by atoms with Gasteiger partial charge in [0.15, 0.2) is 0 Å². The van der Waals surface area contributed by atoms with Crippen LogP contribution in [0.15, 0.2) is 35.5 Å². The van der Waals surface area contributed by atoms with Crippen LogP contribution in [0, 0.1) is 5.92 Å². The number of carbonyl (C=O) groups excluding carboxylic acids is 2. The first-order valence-corrected chi connectivity index (χ1v) is 9.01. The van der Waals surface area contributed by atoms with Gasteiger partial charge >= 0.3 is 11.9 Å². The molecular weight excluding hydrogens is 336 g/mol. The highest BCUT2D eigenvalue weighted by atomic mass is 16.6. The Morgan fingerprint density at radius 1 is 1.54 bits per heavy atom. The lowest BCUT2D eigenvalue weighted by Crippen LogP contribution is -2.39. The summed E-state index contributed by atoms with van der Waals surface area (Å²) in [6.07, 6.45) is 4.19. The molecular formula is C20H26O6. The van der Waals surface area contributed by atoms with Crippen molar-refractivity contribution in [2.24, 2.45) is 5.92 Å². The molecule has 1 aliphatic carbocycles. The highest BCUT2D eigenvalue weighted by molar-refractivity contribution is 5.92. The average molecular weight is 362 g/mol. The van der Waals surface area contributed by atoms with Crippen molar-refractivity contribution in [2.75, 3.05) is 6.61 Å². The summed E-state index contributed by atoms with van der Waals surface area (Å²) >= 11 is 0. The molecule has 3 rings (SSSR count). The van der Waals surface area contributed by atoms with Gasteiger partial charge in [-0.3, -0.25) is 0 Å². The molecule has 0 aromatic heterocycles. The highest BCUT2D eigenvalue weighted by Crippen LogP contribution is 2.48. The molecule has 1 N–H and O–H groups in total. The van der Waals surface area contributed by atoms with Crippen LogP contribution in [0.1, 0.15) is 40.0 Å². The topological polar surface area (TPSA) is 85.4 Å². The van der Waals surface area contributed by atoms with E-state index < -0.39 is 35.7 Å². The second-order valence-electron chi connectivity index (χ2n) is 7.42. The van der Waals surface area contributed by atoms with Crippen molar-refractivity contribution >= 4 is 11.9 Å². The number of aliphatic hydroxyl groups is 1. The fraction of sp³-hybridized carbons (Fsp3) is 0.600. The number of ether oxygens (including phenoxy) is 3. The number of hydrogen-bond donors (Lipinski definition) is 1. The third-order valence-corrected chi connectivity index (χ3v) is 5.65. The fourth-order valence-corrected chi connectivity index (χ4v) is 3.79. The largest absolute Gasteiger partial charge is 0.458 e. The van der Waals surface area contributed by atoms with Gasteiger partial charge in [-0.05, 0) is 39.7 Å². The first kappa shape index (κ1) is 18.9. The molecule has 2 aliphatic heterocycles. The first-order chi connectivity index (χ1) is 12.3. The minimum Gasteiger partial charge on any atom is -0.458 e. The quantitative estimate of drug-likeness (QED) is 0.359. The summed E-state index contributed by atoms with van der Waals surface area (Å²) < 4.78 is 17.0. The van der Waals surface area contributed by atoms with Crippen LogP contribution in [0.4, 0.5) is 0 Å². The van der Waals surface area contributed by atoms with Crippen molar-refractivity contribution in [3.63, 3.8) is 0 Å². The third kappa shape index (κ3) is 3.35. The first-order valence-electron chi connectivity index (χ1n) is 9.01. The molecule has 6 heteroatoms. The summed E-state index contributed by atoms with van der Waals surface area (Å²) in [6.45, 7) is 9.12. The van der Waals surface area contributed by atoms with Gasteiger partial charge in [-0.25, -0.2) is 9.59 Å². The molecule has 26 heavy (non-hydrogen) atoms. The molecule has 6 nitrogen and oxygen atoms in total. The normalized spacial score (nSPS) is 39.2. The molecule has 5 atom stereocenters. The van der Waals surface area contributed by atoms with E-state index in [2.05, 4.69) is 6.58 Å².